The first kappa shape index (κ1) is 14.2. The number of fused-ring (bicyclic) bond motifs is 1. The average molecular weight is 279 g/mol. The van der Waals surface area contributed by atoms with Gasteiger partial charge in [-0.25, -0.2) is 4.79 Å². The van der Waals surface area contributed by atoms with Crippen LogP contribution >= 0.6 is 0 Å². The third-order valence-corrected chi connectivity index (χ3v) is 2.80. The third kappa shape index (κ3) is 3.01. The first-order valence-corrected chi connectivity index (χ1v) is 6.56. The van der Waals surface area contributed by atoms with Gasteiger partial charge in [-0.2, -0.15) is 0 Å². The zero-order valence-electron chi connectivity index (χ0n) is 11.5. The minimum atomic E-state index is -0.600. The first-order valence-electron chi connectivity index (χ1n) is 6.56. The summed E-state index contributed by atoms with van der Waals surface area (Å²) in [5.74, 6) is 0.960. The number of hydrogen-bond acceptors (Lipinski definition) is 5. The van der Waals surface area contributed by atoms with Crippen molar-refractivity contribution in [1.29, 1.82) is 0 Å². The van der Waals surface area contributed by atoms with Gasteiger partial charge >= 0.3 is 6.09 Å². The molecule has 20 heavy (non-hydrogen) atoms. The van der Waals surface area contributed by atoms with Crippen LogP contribution < -0.4 is 14.8 Å². The molecule has 0 saturated carbocycles. The fourth-order valence-corrected chi connectivity index (χ4v) is 1.91. The topological polar surface area (TPSA) is 73.9 Å². The molecule has 0 atom stereocenters. The highest BCUT2D eigenvalue weighted by Gasteiger charge is 2.21. The lowest BCUT2D eigenvalue weighted by Gasteiger charge is -2.11. The molecule has 0 unspecified atom stereocenters. The molecule has 1 aliphatic heterocycles. The van der Waals surface area contributed by atoms with Gasteiger partial charge in [0.25, 0.3) is 0 Å². The number of Topliss-reactive ketones (excluding diaryl/α,β-unsaturated/α-hetero) is 1. The Balaban J connectivity index is 2.31. The maximum absolute atomic E-state index is 12.1. The Morgan fingerprint density at radius 3 is 2.60 bits per heavy atom. The summed E-state index contributed by atoms with van der Waals surface area (Å²) >= 11 is 0. The van der Waals surface area contributed by atoms with E-state index in [-0.39, 0.29) is 19.2 Å². The van der Waals surface area contributed by atoms with Crippen LogP contribution in [0.15, 0.2) is 12.1 Å². The van der Waals surface area contributed by atoms with Gasteiger partial charge in [-0.3, -0.25) is 10.1 Å². The Morgan fingerprint density at radius 1 is 1.25 bits per heavy atom. The van der Waals surface area contributed by atoms with Gasteiger partial charge in [0.1, 0.15) is 0 Å². The van der Waals surface area contributed by atoms with Gasteiger partial charge in [0.15, 0.2) is 17.3 Å². The van der Waals surface area contributed by atoms with E-state index in [9.17, 15) is 9.59 Å². The van der Waals surface area contributed by atoms with Crippen LogP contribution in [-0.4, -0.2) is 25.3 Å². The van der Waals surface area contributed by atoms with Gasteiger partial charge in [-0.1, -0.05) is 6.92 Å². The maximum atomic E-state index is 12.1. The summed E-state index contributed by atoms with van der Waals surface area (Å²) < 4.78 is 15.3. The molecule has 0 saturated heterocycles. The molecule has 1 aromatic carbocycles. The fourth-order valence-electron chi connectivity index (χ4n) is 1.91. The predicted octanol–water partition coefficient (Wildman–Crippen LogP) is 2.97. The molecule has 1 aromatic rings. The van der Waals surface area contributed by atoms with E-state index in [1.807, 2.05) is 6.92 Å². The Morgan fingerprint density at radius 2 is 1.95 bits per heavy atom. The number of rotatable bonds is 5. The Bertz CT molecular complexity index is 527. The van der Waals surface area contributed by atoms with E-state index < -0.39 is 6.09 Å². The lowest BCUT2D eigenvalue weighted by Crippen LogP contribution is -2.16. The van der Waals surface area contributed by atoms with Gasteiger partial charge in [0, 0.05) is 18.1 Å². The van der Waals surface area contributed by atoms with E-state index in [1.54, 1.807) is 19.1 Å². The van der Waals surface area contributed by atoms with Crippen LogP contribution in [0.1, 0.15) is 37.0 Å². The minimum Gasteiger partial charge on any atom is -0.454 e. The van der Waals surface area contributed by atoms with Crippen molar-refractivity contribution in [2.45, 2.75) is 26.7 Å². The maximum Gasteiger partial charge on any atom is 0.411 e. The second-order valence-corrected chi connectivity index (χ2v) is 4.27. The quantitative estimate of drug-likeness (QED) is 0.839. The molecule has 0 spiro atoms. The molecule has 0 aliphatic carbocycles. The second kappa shape index (κ2) is 6.27. The molecule has 0 radical (unpaired) electrons. The van der Waals surface area contributed by atoms with Crippen molar-refractivity contribution in [2.75, 3.05) is 18.7 Å². The monoisotopic (exact) mass is 279 g/mol. The number of amides is 1. The molecule has 108 valence electrons. The first-order chi connectivity index (χ1) is 9.65. The van der Waals surface area contributed by atoms with Gasteiger partial charge in [0.2, 0.25) is 6.79 Å². The van der Waals surface area contributed by atoms with E-state index in [4.69, 9.17) is 14.2 Å². The summed E-state index contributed by atoms with van der Waals surface area (Å²) in [6.45, 7) is 4.00. The number of benzene rings is 1. The Hall–Kier alpha value is -2.24. The molecular weight excluding hydrogens is 262 g/mol. The van der Waals surface area contributed by atoms with E-state index >= 15 is 0 Å². The van der Waals surface area contributed by atoms with Crippen LogP contribution in [0, 0.1) is 0 Å². The lowest BCUT2D eigenvalue weighted by atomic mass is 10.0. The summed E-state index contributed by atoms with van der Waals surface area (Å²) in [5.41, 5.74) is 0.787. The third-order valence-electron chi connectivity index (χ3n) is 2.80. The molecule has 1 aliphatic rings. The average Bonchev–Trinajstić information content (AvgIpc) is 2.85. The zero-order valence-corrected chi connectivity index (χ0v) is 11.5. The summed E-state index contributed by atoms with van der Waals surface area (Å²) in [6, 6.07) is 3.18. The molecule has 1 amide bonds. The van der Waals surface area contributed by atoms with Crippen LogP contribution in [0.3, 0.4) is 0 Å². The highest BCUT2D eigenvalue weighted by atomic mass is 16.7. The Labute approximate surface area is 117 Å². The molecule has 1 N–H and O–H groups in total. The molecule has 6 heteroatoms. The molecule has 1 heterocycles. The van der Waals surface area contributed by atoms with E-state index in [1.165, 1.54) is 0 Å². The fraction of sp³-hybridized carbons (Fsp3) is 0.429. The van der Waals surface area contributed by atoms with Crippen molar-refractivity contribution < 1.29 is 23.8 Å². The standard InChI is InChI=1S/C14H17NO5/c1-3-5-11(16)9-6-12-13(20-8-19-12)7-10(9)15-14(17)18-4-2/h6-7H,3-5,8H2,1-2H3,(H,15,17). The summed E-state index contributed by atoms with van der Waals surface area (Å²) in [5, 5.41) is 2.56. The Kier molecular flexibility index (Phi) is 4.45. The number of carbonyl (C=O) groups excluding carboxylic acids is 2. The number of carbonyl (C=O) groups is 2. The van der Waals surface area contributed by atoms with Gasteiger partial charge in [-0.15, -0.1) is 0 Å². The van der Waals surface area contributed by atoms with Crippen molar-refractivity contribution in [3.8, 4) is 11.5 Å². The summed E-state index contributed by atoms with van der Waals surface area (Å²) in [6.07, 6.45) is 0.528. The molecule has 6 nitrogen and oxygen atoms in total. The summed E-state index contributed by atoms with van der Waals surface area (Å²) in [4.78, 5) is 23.6. The SMILES string of the molecule is CCCC(=O)c1cc2c(cc1NC(=O)OCC)OCO2. The van der Waals surface area contributed by atoms with Crippen LogP contribution in [0.25, 0.3) is 0 Å². The smallest absolute Gasteiger partial charge is 0.411 e. The van der Waals surface area contributed by atoms with Crippen molar-refractivity contribution in [2.24, 2.45) is 0 Å². The number of anilines is 1. The van der Waals surface area contributed by atoms with E-state index in [0.717, 1.165) is 6.42 Å². The number of ketones is 1. The largest absolute Gasteiger partial charge is 0.454 e. The normalized spacial score (nSPS) is 12.1. The van der Waals surface area contributed by atoms with Crippen LogP contribution in [0.5, 0.6) is 11.5 Å². The molecular formula is C14H17NO5. The van der Waals surface area contributed by atoms with Gasteiger partial charge in [0.05, 0.1) is 12.3 Å². The predicted molar refractivity (Wildman–Crippen MR) is 72.4 cm³/mol. The lowest BCUT2D eigenvalue weighted by molar-refractivity contribution is 0.0982. The van der Waals surface area contributed by atoms with E-state index in [0.29, 0.717) is 29.2 Å². The number of hydrogen-bond donors (Lipinski definition) is 1. The zero-order chi connectivity index (χ0) is 14.5. The second-order valence-electron chi connectivity index (χ2n) is 4.27. The van der Waals surface area contributed by atoms with E-state index in [2.05, 4.69) is 5.32 Å². The van der Waals surface area contributed by atoms with Crippen molar-refractivity contribution in [3.05, 3.63) is 17.7 Å². The van der Waals surface area contributed by atoms with Gasteiger partial charge < -0.3 is 14.2 Å². The summed E-state index contributed by atoms with van der Waals surface area (Å²) in [7, 11) is 0. The van der Waals surface area contributed by atoms with Crippen molar-refractivity contribution in [1.82, 2.24) is 0 Å². The number of nitrogens with one attached hydrogen (secondary N) is 1. The number of ether oxygens (including phenoxy) is 3. The molecule has 0 bridgehead atoms. The van der Waals surface area contributed by atoms with Crippen LogP contribution in [-0.2, 0) is 4.74 Å². The van der Waals surface area contributed by atoms with Crippen molar-refractivity contribution >= 4 is 17.6 Å². The highest BCUT2D eigenvalue weighted by Crippen LogP contribution is 2.37. The van der Waals surface area contributed by atoms with Crippen LogP contribution in [0.2, 0.25) is 0 Å². The highest BCUT2D eigenvalue weighted by molar-refractivity contribution is 6.04. The molecule has 0 fully saturated rings. The van der Waals surface area contributed by atoms with Crippen LogP contribution in [0.4, 0.5) is 10.5 Å². The minimum absolute atomic E-state index is 0.0578. The molecule has 2 rings (SSSR count). The molecule has 0 aromatic heterocycles. The van der Waals surface area contributed by atoms with Crippen molar-refractivity contribution in [3.63, 3.8) is 0 Å². The van der Waals surface area contributed by atoms with Gasteiger partial charge in [-0.05, 0) is 19.4 Å².